The van der Waals surface area contributed by atoms with Crippen LogP contribution >= 0.6 is 0 Å². The van der Waals surface area contributed by atoms with Crippen LogP contribution in [0, 0.1) is 0 Å². The molecule has 0 radical (unpaired) electrons. The first-order valence-electron chi connectivity index (χ1n) is 13.1. The second kappa shape index (κ2) is 16.7. The van der Waals surface area contributed by atoms with E-state index in [1.54, 1.807) is 72.8 Å². The number of carbonyl (C=O) groups excluding carboxylic acids is 2. The Morgan fingerprint density at radius 1 is 0.452 bits per heavy atom. The number of amides is 2. The Hall–Kier alpha value is -5.32. The van der Waals surface area contributed by atoms with E-state index in [9.17, 15) is 19.2 Å². The molecule has 0 aromatic heterocycles. The maximum Gasteiger partial charge on any atom is 0.335 e. The lowest BCUT2D eigenvalue weighted by molar-refractivity contribution is 0.0686. The van der Waals surface area contributed by atoms with Crippen LogP contribution in [-0.4, -0.2) is 60.1 Å². The predicted molar refractivity (Wildman–Crippen MR) is 161 cm³/mol. The molecule has 0 spiro atoms. The normalized spacial score (nSPS) is 11.8. The van der Waals surface area contributed by atoms with Crippen molar-refractivity contribution >= 4 is 35.1 Å². The molecule has 216 valence electrons. The first-order valence-corrected chi connectivity index (χ1v) is 13.1. The van der Waals surface area contributed by atoms with Crippen LogP contribution in [0.25, 0.3) is 0 Å². The number of nitrogens with one attached hydrogen (secondary N) is 4. The Morgan fingerprint density at radius 3 is 1.02 bits per heavy atom. The summed E-state index contributed by atoms with van der Waals surface area (Å²) in [7, 11) is 0. The largest absolute Gasteiger partial charge is 0.478 e. The van der Waals surface area contributed by atoms with Crippen LogP contribution in [0.4, 0.5) is 11.4 Å². The van der Waals surface area contributed by atoms with Crippen LogP contribution in [-0.2, 0) is 0 Å². The minimum Gasteiger partial charge on any atom is -0.478 e. The maximum absolute atomic E-state index is 11.8. The number of aromatic carboxylic acids is 2. The molecule has 4 aromatic rings. The van der Waals surface area contributed by atoms with Gasteiger partial charge in [-0.1, -0.05) is 36.4 Å². The number of rotatable bonds is 6. The third kappa shape index (κ3) is 10.7. The topological polar surface area (TPSA) is 157 Å². The van der Waals surface area contributed by atoms with Crippen molar-refractivity contribution in [3.05, 3.63) is 131 Å². The SMILES string of the molecule is C1CNCCN1.O=C(O)c1ccc(NC(=O)c2ccccc2)cc1.O=C(O)c1ccc(NC(=O)c2ccccc2)cc1. The highest BCUT2D eigenvalue weighted by Gasteiger charge is 2.07. The summed E-state index contributed by atoms with van der Waals surface area (Å²) in [6, 6.07) is 29.7. The van der Waals surface area contributed by atoms with Crippen molar-refractivity contribution < 1.29 is 29.4 Å². The number of carboxylic acid groups (broad SMARTS) is 2. The van der Waals surface area contributed by atoms with E-state index in [-0.39, 0.29) is 22.9 Å². The van der Waals surface area contributed by atoms with Crippen LogP contribution in [0.5, 0.6) is 0 Å². The van der Waals surface area contributed by atoms with Crippen LogP contribution in [0.1, 0.15) is 41.4 Å². The van der Waals surface area contributed by atoms with Gasteiger partial charge in [-0.2, -0.15) is 0 Å². The summed E-state index contributed by atoms with van der Waals surface area (Å²) in [5.41, 5.74) is 2.61. The van der Waals surface area contributed by atoms with Gasteiger partial charge in [0.1, 0.15) is 0 Å². The van der Waals surface area contributed by atoms with Gasteiger partial charge in [-0.3, -0.25) is 9.59 Å². The molecule has 1 fully saturated rings. The van der Waals surface area contributed by atoms with Gasteiger partial charge in [0.2, 0.25) is 0 Å². The average molecular weight is 569 g/mol. The van der Waals surface area contributed by atoms with Crippen molar-refractivity contribution in [1.29, 1.82) is 0 Å². The number of hydrogen-bond donors (Lipinski definition) is 6. The summed E-state index contributed by atoms with van der Waals surface area (Å²) >= 11 is 0. The first kappa shape index (κ1) is 31.2. The van der Waals surface area contributed by atoms with Crippen LogP contribution in [0.3, 0.4) is 0 Å². The standard InChI is InChI=1S/2C14H11NO3.C4H10N2/c2*16-13(10-4-2-1-3-5-10)15-12-8-6-11(7-9-12)14(17)18;1-2-6-4-3-5-1/h2*1-9H,(H,15,16)(H,17,18);5-6H,1-4H2. The van der Waals surface area contributed by atoms with Gasteiger partial charge in [0.25, 0.3) is 11.8 Å². The van der Waals surface area contributed by atoms with E-state index in [1.165, 1.54) is 24.3 Å². The number of anilines is 2. The fraction of sp³-hybridized carbons (Fsp3) is 0.125. The molecule has 0 bridgehead atoms. The number of benzene rings is 4. The summed E-state index contributed by atoms with van der Waals surface area (Å²) in [5, 5.41) is 29.3. The van der Waals surface area contributed by atoms with Crippen molar-refractivity contribution in [2.24, 2.45) is 0 Å². The number of piperazine rings is 1. The van der Waals surface area contributed by atoms with E-state index >= 15 is 0 Å². The maximum atomic E-state index is 11.8. The molecule has 6 N–H and O–H groups in total. The van der Waals surface area contributed by atoms with Crippen molar-refractivity contribution in [1.82, 2.24) is 10.6 Å². The van der Waals surface area contributed by atoms with E-state index in [0.717, 1.165) is 26.2 Å². The van der Waals surface area contributed by atoms with E-state index < -0.39 is 11.9 Å². The Labute approximate surface area is 243 Å². The molecule has 0 aliphatic carbocycles. The lowest BCUT2D eigenvalue weighted by Gasteiger charge is -2.11. The molecule has 42 heavy (non-hydrogen) atoms. The molecule has 10 nitrogen and oxygen atoms in total. The third-order valence-electron chi connectivity index (χ3n) is 5.81. The van der Waals surface area contributed by atoms with Gasteiger partial charge in [-0.25, -0.2) is 9.59 Å². The number of hydrogen-bond acceptors (Lipinski definition) is 6. The molecule has 1 saturated heterocycles. The lowest BCUT2D eigenvalue weighted by atomic mass is 10.2. The summed E-state index contributed by atoms with van der Waals surface area (Å²) in [6.45, 7) is 4.56. The molecular weight excluding hydrogens is 536 g/mol. The number of carbonyl (C=O) groups is 4. The smallest absolute Gasteiger partial charge is 0.335 e. The van der Waals surface area contributed by atoms with Crippen LogP contribution < -0.4 is 21.3 Å². The second-order valence-electron chi connectivity index (χ2n) is 8.91. The van der Waals surface area contributed by atoms with Gasteiger partial charge in [-0.05, 0) is 72.8 Å². The van der Waals surface area contributed by atoms with Crippen molar-refractivity contribution in [2.45, 2.75) is 0 Å². The van der Waals surface area contributed by atoms with Crippen molar-refractivity contribution in [2.75, 3.05) is 36.8 Å². The van der Waals surface area contributed by atoms with Gasteiger partial charge in [0.05, 0.1) is 11.1 Å². The molecule has 10 heteroatoms. The van der Waals surface area contributed by atoms with Crippen LogP contribution in [0.15, 0.2) is 109 Å². The zero-order valence-electron chi connectivity index (χ0n) is 22.7. The van der Waals surface area contributed by atoms with Gasteiger partial charge < -0.3 is 31.5 Å². The van der Waals surface area contributed by atoms with E-state index in [2.05, 4.69) is 21.3 Å². The summed E-state index contributed by atoms with van der Waals surface area (Å²) in [5.74, 6) is -2.43. The van der Waals surface area contributed by atoms with Gasteiger partial charge in [-0.15, -0.1) is 0 Å². The fourth-order valence-corrected chi connectivity index (χ4v) is 3.58. The second-order valence-corrected chi connectivity index (χ2v) is 8.91. The quantitative estimate of drug-likeness (QED) is 0.199. The Bertz CT molecular complexity index is 1320. The Balaban J connectivity index is 0.000000192. The van der Waals surface area contributed by atoms with Crippen LogP contribution in [0.2, 0.25) is 0 Å². The lowest BCUT2D eigenvalue weighted by Crippen LogP contribution is -2.39. The van der Waals surface area contributed by atoms with Crippen molar-refractivity contribution in [3.63, 3.8) is 0 Å². The Morgan fingerprint density at radius 2 is 0.762 bits per heavy atom. The molecule has 0 atom stereocenters. The fourth-order valence-electron chi connectivity index (χ4n) is 3.58. The van der Waals surface area contributed by atoms with Gasteiger partial charge in [0, 0.05) is 48.7 Å². The molecule has 1 aliphatic heterocycles. The summed E-state index contributed by atoms with van der Waals surface area (Å²) in [6.07, 6.45) is 0. The molecular formula is C32H32N4O6. The highest BCUT2D eigenvalue weighted by molar-refractivity contribution is 6.05. The predicted octanol–water partition coefficient (Wildman–Crippen LogP) is 4.45. The average Bonchev–Trinajstić information content (AvgIpc) is 3.04. The minimum atomic E-state index is -0.990. The molecule has 1 aliphatic rings. The molecule has 5 rings (SSSR count). The molecule has 0 unspecified atom stereocenters. The zero-order valence-corrected chi connectivity index (χ0v) is 22.7. The zero-order chi connectivity index (χ0) is 30.2. The van der Waals surface area contributed by atoms with Gasteiger partial charge >= 0.3 is 11.9 Å². The van der Waals surface area contributed by atoms with E-state index in [1.807, 2.05) is 12.1 Å². The van der Waals surface area contributed by atoms with Crippen molar-refractivity contribution in [3.8, 4) is 0 Å². The number of carboxylic acids is 2. The summed E-state index contributed by atoms with van der Waals surface area (Å²) in [4.78, 5) is 44.9. The van der Waals surface area contributed by atoms with E-state index in [0.29, 0.717) is 22.5 Å². The molecule has 2 amide bonds. The van der Waals surface area contributed by atoms with E-state index in [4.69, 9.17) is 10.2 Å². The summed E-state index contributed by atoms with van der Waals surface area (Å²) < 4.78 is 0. The minimum absolute atomic E-state index is 0.188. The first-order chi connectivity index (χ1) is 20.3. The molecule has 1 heterocycles. The highest BCUT2D eigenvalue weighted by Crippen LogP contribution is 2.12. The third-order valence-corrected chi connectivity index (χ3v) is 5.81. The monoisotopic (exact) mass is 568 g/mol. The highest BCUT2D eigenvalue weighted by atomic mass is 16.4. The molecule has 4 aromatic carbocycles. The Kier molecular flexibility index (Phi) is 12.4. The van der Waals surface area contributed by atoms with Gasteiger partial charge in [0.15, 0.2) is 0 Å². The molecule has 0 saturated carbocycles.